The summed E-state index contributed by atoms with van der Waals surface area (Å²) in [6, 6.07) is 3.86. The van der Waals surface area contributed by atoms with Crippen LogP contribution in [0.1, 0.15) is 35.2 Å². The summed E-state index contributed by atoms with van der Waals surface area (Å²) in [4.78, 5) is 39.4. The smallest absolute Gasteiger partial charge is 0.272 e. The lowest BCUT2D eigenvalue weighted by molar-refractivity contribution is -0.385. The number of benzene rings is 1. The lowest BCUT2D eigenvalue weighted by Crippen LogP contribution is -2.47. The van der Waals surface area contributed by atoms with Crippen LogP contribution >= 0.6 is 12.4 Å². The van der Waals surface area contributed by atoms with Crippen LogP contribution in [0.5, 0.6) is 0 Å². The first-order valence-corrected chi connectivity index (χ1v) is 8.49. The minimum atomic E-state index is -0.470. The summed E-state index contributed by atoms with van der Waals surface area (Å²) in [5, 5.41) is 10.9. The fourth-order valence-electron chi connectivity index (χ4n) is 3.62. The van der Waals surface area contributed by atoms with Gasteiger partial charge >= 0.3 is 0 Å². The molecule has 2 aliphatic rings. The number of nitro groups is 1. The van der Waals surface area contributed by atoms with E-state index in [4.69, 9.17) is 5.73 Å². The van der Waals surface area contributed by atoms with Crippen LogP contribution < -0.4 is 5.73 Å². The van der Waals surface area contributed by atoms with Gasteiger partial charge in [-0.1, -0.05) is 0 Å². The summed E-state index contributed by atoms with van der Waals surface area (Å²) in [6.45, 7) is 3.29. The number of nitrogens with two attached hydrogens (primary N) is 1. The van der Waals surface area contributed by atoms with Gasteiger partial charge in [-0.25, -0.2) is 0 Å². The third-order valence-electron chi connectivity index (χ3n) is 4.98. The molecule has 1 aromatic rings. The summed E-state index contributed by atoms with van der Waals surface area (Å²) >= 11 is 0. The van der Waals surface area contributed by atoms with Crippen molar-refractivity contribution in [1.82, 2.24) is 9.80 Å². The Bertz CT molecular complexity index is 727. The van der Waals surface area contributed by atoms with Crippen molar-refractivity contribution in [3.05, 3.63) is 39.4 Å². The molecule has 0 radical (unpaired) electrons. The van der Waals surface area contributed by atoms with E-state index in [1.165, 1.54) is 18.2 Å². The minimum absolute atomic E-state index is 0. The second-order valence-corrected chi connectivity index (χ2v) is 6.75. The maximum Gasteiger partial charge on any atom is 0.272 e. The molecule has 9 heteroatoms. The van der Waals surface area contributed by atoms with Gasteiger partial charge in [0.15, 0.2) is 0 Å². The summed E-state index contributed by atoms with van der Waals surface area (Å²) in [5.74, 6) is -0.297. The maximum absolute atomic E-state index is 12.8. The highest BCUT2D eigenvalue weighted by atomic mass is 35.5. The van der Waals surface area contributed by atoms with Crippen LogP contribution in [-0.4, -0.2) is 58.3 Å². The summed E-state index contributed by atoms with van der Waals surface area (Å²) in [7, 11) is 0. The molecule has 0 saturated carbocycles. The van der Waals surface area contributed by atoms with Gasteiger partial charge in [0.25, 0.3) is 11.6 Å². The number of amides is 2. The Morgan fingerprint density at radius 2 is 2.00 bits per heavy atom. The largest absolute Gasteiger partial charge is 0.339 e. The van der Waals surface area contributed by atoms with Crippen LogP contribution in [0.3, 0.4) is 0 Å². The number of nitro benzene ring substituents is 1. The standard InChI is InChI=1S/C17H22N4O4.ClH/c1-11-9-12(4-5-14(11)21(24)25)16(22)20-7-2-3-15(20)17(23)19-8-6-13(18)10-19;/h4-5,9,13,15H,2-3,6-8,10,18H2,1H3;1H/t13-,15?;/m1./s1. The topological polar surface area (TPSA) is 110 Å². The SMILES string of the molecule is Cc1cc(C(=O)N2CCCC2C(=O)N2CC[C@@H](N)C2)ccc1[N+](=O)[O-].Cl. The summed E-state index contributed by atoms with van der Waals surface area (Å²) in [5.41, 5.74) is 6.67. The van der Waals surface area contributed by atoms with Gasteiger partial charge in [0, 0.05) is 42.9 Å². The molecular formula is C17H23ClN4O4. The zero-order valence-corrected chi connectivity index (χ0v) is 15.4. The molecule has 2 heterocycles. The van der Waals surface area contributed by atoms with Gasteiger partial charge in [0.05, 0.1) is 4.92 Å². The van der Waals surface area contributed by atoms with E-state index in [0.717, 1.165) is 12.8 Å². The van der Waals surface area contributed by atoms with Gasteiger partial charge in [0.1, 0.15) is 6.04 Å². The van der Waals surface area contributed by atoms with Crippen molar-refractivity contribution in [2.24, 2.45) is 5.73 Å². The number of carbonyl (C=O) groups excluding carboxylic acids is 2. The average molecular weight is 383 g/mol. The zero-order valence-electron chi connectivity index (χ0n) is 14.6. The number of carbonyl (C=O) groups is 2. The Balaban J connectivity index is 0.00000243. The third-order valence-corrected chi connectivity index (χ3v) is 4.98. The molecule has 1 unspecified atom stereocenters. The monoisotopic (exact) mass is 382 g/mol. The molecule has 0 bridgehead atoms. The van der Waals surface area contributed by atoms with Gasteiger partial charge < -0.3 is 15.5 Å². The number of rotatable bonds is 3. The van der Waals surface area contributed by atoms with Gasteiger partial charge in [-0.05, 0) is 38.3 Å². The van der Waals surface area contributed by atoms with Crippen molar-refractivity contribution >= 4 is 29.9 Å². The Kier molecular flexibility index (Phi) is 6.20. The first-order valence-electron chi connectivity index (χ1n) is 8.49. The van der Waals surface area contributed by atoms with E-state index < -0.39 is 11.0 Å². The number of nitrogens with zero attached hydrogens (tertiary/aromatic N) is 3. The normalized spacial score (nSPS) is 22.2. The predicted octanol–water partition coefficient (Wildman–Crippen LogP) is 1.49. The van der Waals surface area contributed by atoms with Gasteiger partial charge in [-0.15, -0.1) is 12.4 Å². The Morgan fingerprint density at radius 3 is 2.58 bits per heavy atom. The number of hydrogen-bond donors (Lipinski definition) is 1. The first-order chi connectivity index (χ1) is 11.9. The van der Waals surface area contributed by atoms with Crippen molar-refractivity contribution in [1.29, 1.82) is 0 Å². The maximum atomic E-state index is 12.8. The molecule has 142 valence electrons. The molecule has 1 aromatic carbocycles. The average Bonchev–Trinajstić information content (AvgIpc) is 3.22. The predicted molar refractivity (Wildman–Crippen MR) is 98.3 cm³/mol. The van der Waals surface area contributed by atoms with E-state index in [9.17, 15) is 19.7 Å². The van der Waals surface area contributed by atoms with Crippen LogP contribution in [0, 0.1) is 17.0 Å². The van der Waals surface area contributed by atoms with E-state index in [2.05, 4.69) is 0 Å². The van der Waals surface area contributed by atoms with E-state index >= 15 is 0 Å². The van der Waals surface area contributed by atoms with Gasteiger partial charge in [0.2, 0.25) is 5.91 Å². The molecular weight excluding hydrogens is 360 g/mol. The zero-order chi connectivity index (χ0) is 18.1. The molecule has 0 spiro atoms. The number of likely N-dealkylation sites (tertiary alicyclic amines) is 2. The molecule has 8 nitrogen and oxygen atoms in total. The number of halogens is 1. The summed E-state index contributed by atoms with van der Waals surface area (Å²) in [6.07, 6.45) is 2.20. The van der Waals surface area contributed by atoms with E-state index in [0.29, 0.717) is 37.2 Å². The quantitative estimate of drug-likeness (QED) is 0.629. The van der Waals surface area contributed by atoms with Crippen LogP contribution in [0.15, 0.2) is 18.2 Å². The van der Waals surface area contributed by atoms with Crippen LogP contribution in [0.4, 0.5) is 5.69 Å². The van der Waals surface area contributed by atoms with E-state index in [1.807, 2.05) is 0 Å². The second kappa shape index (κ2) is 8.01. The number of hydrogen-bond acceptors (Lipinski definition) is 5. The molecule has 26 heavy (non-hydrogen) atoms. The highest BCUT2D eigenvalue weighted by Crippen LogP contribution is 2.25. The van der Waals surface area contributed by atoms with Crippen LogP contribution in [0.2, 0.25) is 0 Å². The molecule has 2 saturated heterocycles. The Hall–Kier alpha value is -2.19. The fraction of sp³-hybridized carbons (Fsp3) is 0.529. The minimum Gasteiger partial charge on any atom is -0.339 e. The highest BCUT2D eigenvalue weighted by molar-refractivity contribution is 5.98. The molecule has 0 aliphatic carbocycles. The van der Waals surface area contributed by atoms with E-state index in [1.54, 1.807) is 16.7 Å². The molecule has 3 rings (SSSR count). The van der Waals surface area contributed by atoms with Gasteiger partial charge in [-0.3, -0.25) is 19.7 Å². The lowest BCUT2D eigenvalue weighted by Gasteiger charge is -2.28. The van der Waals surface area contributed by atoms with Crippen LogP contribution in [0.25, 0.3) is 0 Å². The molecule has 2 amide bonds. The lowest BCUT2D eigenvalue weighted by atomic mass is 10.1. The van der Waals surface area contributed by atoms with Gasteiger partial charge in [-0.2, -0.15) is 0 Å². The second-order valence-electron chi connectivity index (χ2n) is 6.75. The van der Waals surface area contributed by atoms with Crippen molar-refractivity contribution in [2.75, 3.05) is 19.6 Å². The van der Waals surface area contributed by atoms with Crippen molar-refractivity contribution in [3.63, 3.8) is 0 Å². The molecule has 0 aromatic heterocycles. The first kappa shape index (κ1) is 20.1. The molecule has 2 fully saturated rings. The molecule has 2 aliphatic heterocycles. The molecule has 2 N–H and O–H groups in total. The van der Waals surface area contributed by atoms with Crippen LogP contribution in [-0.2, 0) is 4.79 Å². The van der Waals surface area contributed by atoms with Crippen molar-refractivity contribution in [3.8, 4) is 0 Å². The Morgan fingerprint density at radius 1 is 1.27 bits per heavy atom. The molecule has 2 atom stereocenters. The van der Waals surface area contributed by atoms with Crippen molar-refractivity contribution in [2.45, 2.75) is 38.3 Å². The Labute approximate surface area is 157 Å². The van der Waals surface area contributed by atoms with Crippen molar-refractivity contribution < 1.29 is 14.5 Å². The fourth-order valence-corrected chi connectivity index (χ4v) is 3.62. The number of aryl methyl sites for hydroxylation is 1. The summed E-state index contributed by atoms with van der Waals surface area (Å²) < 4.78 is 0. The highest BCUT2D eigenvalue weighted by Gasteiger charge is 2.38. The third kappa shape index (κ3) is 3.81. The van der Waals surface area contributed by atoms with E-state index in [-0.39, 0.29) is 36.0 Å².